The Bertz CT molecular complexity index is 377. The maximum atomic E-state index is 9.70. The van der Waals surface area contributed by atoms with Gasteiger partial charge in [0, 0.05) is 10.0 Å². The predicted molar refractivity (Wildman–Crippen MR) is 71.1 cm³/mol. The molecule has 0 aromatic heterocycles. The van der Waals surface area contributed by atoms with Crippen molar-refractivity contribution in [2.45, 2.75) is 33.5 Å². The van der Waals surface area contributed by atoms with E-state index < -0.39 is 6.10 Å². The van der Waals surface area contributed by atoms with E-state index in [9.17, 15) is 10.2 Å². The summed E-state index contributed by atoms with van der Waals surface area (Å²) in [5, 5.41) is 19.0. The number of halogens is 1. The van der Waals surface area contributed by atoms with Crippen molar-refractivity contribution in [3.05, 3.63) is 27.7 Å². The lowest BCUT2D eigenvalue weighted by molar-refractivity contribution is 0.0688. The lowest BCUT2D eigenvalue weighted by atomic mass is 10.1. The van der Waals surface area contributed by atoms with Gasteiger partial charge in [0.05, 0.1) is 12.7 Å². The second kappa shape index (κ2) is 6.38. The topological polar surface area (TPSA) is 49.7 Å². The van der Waals surface area contributed by atoms with Crippen LogP contribution in [0.15, 0.2) is 16.6 Å². The fourth-order valence-electron chi connectivity index (χ4n) is 1.48. The van der Waals surface area contributed by atoms with E-state index in [0.717, 1.165) is 15.6 Å². The number of rotatable bonds is 5. The minimum atomic E-state index is -0.496. The monoisotopic (exact) mass is 302 g/mol. The summed E-state index contributed by atoms with van der Waals surface area (Å²) in [7, 11) is 0. The first-order valence-electron chi connectivity index (χ1n) is 5.66. The molecule has 0 heterocycles. The normalized spacial score (nSPS) is 12.9. The molecule has 0 aliphatic carbocycles. The van der Waals surface area contributed by atoms with Gasteiger partial charge in [0.1, 0.15) is 12.4 Å². The molecule has 1 atom stereocenters. The van der Waals surface area contributed by atoms with E-state index in [0.29, 0.717) is 5.75 Å². The zero-order valence-electron chi connectivity index (χ0n) is 10.4. The molecule has 17 heavy (non-hydrogen) atoms. The van der Waals surface area contributed by atoms with Gasteiger partial charge in [0.25, 0.3) is 0 Å². The van der Waals surface area contributed by atoms with Crippen LogP contribution < -0.4 is 4.74 Å². The molecule has 1 unspecified atom stereocenters. The lowest BCUT2D eigenvalue weighted by Crippen LogP contribution is -2.23. The molecule has 0 saturated carbocycles. The van der Waals surface area contributed by atoms with Gasteiger partial charge >= 0.3 is 0 Å². The van der Waals surface area contributed by atoms with E-state index in [1.54, 1.807) is 0 Å². The third-order valence-corrected chi connectivity index (χ3v) is 3.11. The zero-order chi connectivity index (χ0) is 13.0. The van der Waals surface area contributed by atoms with Gasteiger partial charge in [-0.05, 0) is 30.5 Å². The summed E-state index contributed by atoms with van der Waals surface area (Å²) in [5.74, 6) is 0.818. The summed E-state index contributed by atoms with van der Waals surface area (Å²) in [4.78, 5) is 0. The van der Waals surface area contributed by atoms with Crippen LogP contribution in [0.5, 0.6) is 5.75 Å². The van der Waals surface area contributed by atoms with Gasteiger partial charge in [0.15, 0.2) is 0 Å². The highest BCUT2D eigenvalue weighted by atomic mass is 79.9. The first kappa shape index (κ1) is 14.5. The van der Waals surface area contributed by atoms with E-state index in [4.69, 9.17) is 4.74 Å². The SMILES string of the molecule is Cc1cc(Br)cc(CO)c1OCC(O)C(C)C. The van der Waals surface area contributed by atoms with Crippen LogP contribution in [-0.2, 0) is 6.61 Å². The molecular formula is C13H19BrO3. The maximum absolute atomic E-state index is 9.70. The van der Waals surface area contributed by atoms with Crippen LogP contribution in [0.1, 0.15) is 25.0 Å². The zero-order valence-corrected chi connectivity index (χ0v) is 12.0. The standard InChI is InChI=1S/C13H19BrO3/c1-8(2)12(16)7-17-13-9(3)4-11(14)5-10(13)6-15/h4-5,8,12,15-16H,6-7H2,1-3H3. The maximum Gasteiger partial charge on any atom is 0.127 e. The molecule has 0 spiro atoms. The first-order chi connectivity index (χ1) is 7.95. The summed E-state index contributed by atoms with van der Waals surface area (Å²) < 4.78 is 6.52. The minimum Gasteiger partial charge on any atom is -0.490 e. The van der Waals surface area contributed by atoms with Gasteiger partial charge in [-0.15, -0.1) is 0 Å². The molecule has 0 aliphatic heterocycles. The van der Waals surface area contributed by atoms with Crippen LogP contribution in [-0.4, -0.2) is 22.9 Å². The highest BCUT2D eigenvalue weighted by molar-refractivity contribution is 9.10. The lowest BCUT2D eigenvalue weighted by Gasteiger charge is -2.18. The molecule has 0 fully saturated rings. The van der Waals surface area contributed by atoms with E-state index in [1.165, 1.54) is 0 Å². The molecule has 1 rings (SSSR count). The van der Waals surface area contributed by atoms with E-state index in [1.807, 2.05) is 32.9 Å². The Kier molecular flexibility index (Phi) is 5.43. The fourth-order valence-corrected chi connectivity index (χ4v) is 2.10. The van der Waals surface area contributed by atoms with E-state index in [-0.39, 0.29) is 19.1 Å². The van der Waals surface area contributed by atoms with Gasteiger partial charge < -0.3 is 14.9 Å². The molecular weight excluding hydrogens is 284 g/mol. The van der Waals surface area contributed by atoms with Crippen LogP contribution >= 0.6 is 15.9 Å². The van der Waals surface area contributed by atoms with Gasteiger partial charge in [-0.2, -0.15) is 0 Å². The van der Waals surface area contributed by atoms with Crippen molar-refractivity contribution in [3.63, 3.8) is 0 Å². The number of benzene rings is 1. The molecule has 0 aliphatic rings. The molecule has 1 aromatic rings. The van der Waals surface area contributed by atoms with Crippen LogP contribution in [0.2, 0.25) is 0 Å². The number of aryl methyl sites for hydroxylation is 1. The molecule has 4 heteroatoms. The molecule has 0 radical (unpaired) electrons. The second-order valence-corrected chi connectivity index (χ2v) is 5.41. The van der Waals surface area contributed by atoms with Gasteiger partial charge in [-0.3, -0.25) is 0 Å². The molecule has 0 bridgehead atoms. The van der Waals surface area contributed by atoms with Gasteiger partial charge in [-0.25, -0.2) is 0 Å². The van der Waals surface area contributed by atoms with E-state index >= 15 is 0 Å². The summed E-state index contributed by atoms with van der Waals surface area (Å²) in [5.41, 5.74) is 1.67. The molecule has 96 valence electrons. The average molecular weight is 303 g/mol. The molecule has 0 amide bonds. The van der Waals surface area contributed by atoms with Crippen molar-refractivity contribution in [2.75, 3.05) is 6.61 Å². The van der Waals surface area contributed by atoms with Crippen molar-refractivity contribution in [1.29, 1.82) is 0 Å². The summed E-state index contributed by atoms with van der Waals surface area (Å²) in [6.07, 6.45) is -0.496. The van der Waals surface area contributed by atoms with Crippen LogP contribution in [0.4, 0.5) is 0 Å². The minimum absolute atomic E-state index is 0.0760. The number of aliphatic hydroxyl groups is 2. The molecule has 3 nitrogen and oxygen atoms in total. The average Bonchev–Trinajstić information content (AvgIpc) is 2.26. The van der Waals surface area contributed by atoms with Crippen molar-refractivity contribution in [1.82, 2.24) is 0 Å². The van der Waals surface area contributed by atoms with Crippen molar-refractivity contribution >= 4 is 15.9 Å². The number of hydrogen-bond donors (Lipinski definition) is 2. The number of hydrogen-bond acceptors (Lipinski definition) is 3. The van der Waals surface area contributed by atoms with Crippen molar-refractivity contribution < 1.29 is 14.9 Å². The third-order valence-electron chi connectivity index (χ3n) is 2.65. The molecule has 0 saturated heterocycles. The van der Waals surface area contributed by atoms with Crippen LogP contribution in [0.3, 0.4) is 0 Å². The Morgan fingerprint density at radius 2 is 2.00 bits per heavy atom. The fraction of sp³-hybridized carbons (Fsp3) is 0.538. The van der Waals surface area contributed by atoms with Crippen LogP contribution in [0.25, 0.3) is 0 Å². The van der Waals surface area contributed by atoms with Crippen LogP contribution in [0, 0.1) is 12.8 Å². The Morgan fingerprint density at radius 1 is 1.35 bits per heavy atom. The Hall–Kier alpha value is -0.580. The third kappa shape index (κ3) is 3.98. The molecule has 2 N–H and O–H groups in total. The van der Waals surface area contributed by atoms with Gasteiger partial charge in [-0.1, -0.05) is 29.8 Å². The Balaban J connectivity index is 2.83. The first-order valence-corrected chi connectivity index (χ1v) is 6.45. The summed E-state index contributed by atoms with van der Waals surface area (Å²) in [6.45, 7) is 5.96. The number of aliphatic hydroxyl groups excluding tert-OH is 2. The highest BCUT2D eigenvalue weighted by Gasteiger charge is 2.13. The Morgan fingerprint density at radius 3 is 2.53 bits per heavy atom. The Labute approximate surface area is 111 Å². The predicted octanol–water partition coefficient (Wildman–Crippen LogP) is 2.65. The van der Waals surface area contributed by atoms with Crippen molar-refractivity contribution in [3.8, 4) is 5.75 Å². The largest absolute Gasteiger partial charge is 0.490 e. The summed E-state index contributed by atoms with van der Waals surface area (Å²) in [6, 6.07) is 3.75. The van der Waals surface area contributed by atoms with Gasteiger partial charge in [0.2, 0.25) is 0 Å². The van der Waals surface area contributed by atoms with E-state index in [2.05, 4.69) is 15.9 Å². The van der Waals surface area contributed by atoms with Crippen molar-refractivity contribution in [2.24, 2.45) is 5.92 Å². The number of ether oxygens (including phenoxy) is 1. The quantitative estimate of drug-likeness (QED) is 0.879. The second-order valence-electron chi connectivity index (χ2n) is 4.49. The highest BCUT2D eigenvalue weighted by Crippen LogP contribution is 2.28. The molecule has 1 aromatic carbocycles. The summed E-state index contributed by atoms with van der Waals surface area (Å²) >= 11 is 3.38. The smallest absolute Gasteiger partial charge is 0.127 e.